The summed E-state index contributed by atoms with van der Waals surface area (Å²) in [7, 11) is 0. The van der Waals surface area contributed by atoms with Crippen LogP contribution in [0.1, 0.15) is 37.7 Å². The third-order valence-corrected chi connectivity index (χ3v) is 6.52. The summed E-state index contributed by atoms with van der Waals surface area (Å²) in [4.78, 5) is 29.4. The molecule has 9 heteroatoms. The Hall–Kier alpha value is -3.20. The van der Waals surface area contributed by atoms with Gasteiger partial charge in [-0.2, -0.15) is 5.10 Å². The van der Waals surface area contributed by atoms with Crippen molar-refractivity contribution in [3.63, 3.8) is 0 Å². The molecule has 3 heterocycles. The Kier molecular flexibility index (Phi) is 5.65. The Morgan fingerprint density at radius 3 is 2.67 bits per heavy atom. The summed E-state index contributed by atoms with van der Waals surface area (Å²) in [6, 6.07) is 12.9. The maximum Gasteiger partial charge on any atom is 0.356 e. The molecule has 2 aromatic carbocycles. The monoisotopic (exact) mass is 466 g/mol. The van der Waals surface area contributed by atoms with Crippen LogP contribution in [0.5, 0.6) is 0 Å². The van der Waals surface area contributed by atoms with Crippen molar-refractivity contribution in [2.24, 2.45) is 0 Å². The molecule has 2 aliphatic rings. The summed E-state index contributed by atoms with van der Waals surface area (Å²) in [6.07, 6.45) is 1.29. The number of carbonyl (C=O) groups is 2. The molecule has 0 spiro atoms. The summed E-state index contributed by atoms with van der Waals surface area (Å²) in [5, 5.41) is 23.7. The molecule has 0 saturated carbocycles. The van der Waals surface area contributed by atoms with E-state index in [0.29, 0.717) is 35.8 Å². The van der Waals surface area contributed by atoms with Gasteiger partial charge in [0, 0.05) is 42.5 Å². The van der Waals surface area contributed by atoms with E-state index in [0.717, 1.165) is 30.8 Å². The molecule has 0 aliphatic carbocycles. The molecule has 0 radical (unpaired) electrons. The van der Waals surface area contributed by atoms with Crippen LogP contribution in [0.15, 0.2) is 42.5 Å². The molecule has 2 aliphatic heterocycles. The smallest absolute Gasteiger partial charge is 0.356 e. The fourth-order valence-corrected chi connectivity index (χ4v) is 4.86. The number of aliphatic hydroxyl groups is 1. The minimum absolute atomic E-state index is 0.108. The minimum Gasteiger partial charge on any atom is -0.476 e. The number of aliphatic hydroxyl groups excluding tert-OH is 1. The number of aromatic nitrogens is 2. The molecule has 8 nitrogen and oxygen atoms in total. The third-order valence-electron chi connectivity index (χ3n) is 6.28. The van der Waals surface area contributed by atoms with Gasteiger partial charge in [0.1, 0.15) is 5.69 Å². The number of halogens is 1. The summed E-state index contributed by atoms with van der Waals surface area (Å²) in [5.41, 5.74) is 4.27. The SMILES string of the molecule is O=C(O)c1nn(-c2cccc(Cl)c2)c2c1CCN(c1ccc3c(c1)CN(CCO)CC3)C2=O. The average molecular weight is 467 g/mol. The van der Waals surface area contributed by atoms with E-state index >= 15 is 0 Å². The van der Waals surface area contributed by atoms with Gasteiger partial charge in [-0.3, -0.25) is 9.69 Å². The quantitative estimate of drug-likeness (QED) is 0.600. The van der Waals surface area contributed by atoms with E-state index < -0.39 is 5.97 Å². The molecule has 0 saturated heterocycles. The van der Waals surface area contributed by atoms with Gasteiger partial charge >= 0.3 is 5.97 Å². The molecule has 2 N–H and O–H groups in total. The van der Waals surface area contributed by atoms with Crippen molar-refractivity contribution in [3.8, 4) is 5.69 Å². The van der Waals surface area contributed by atoms with E-state index in [2.05, 4.69) is 16.1 Å². The first kappa shape index (κ1) is 21.6. The van der Waals surface area contributed by atoms with E-state index in [1.165, 1.54) is 10.2 Å². The number of carboxylic acid groups (broad SMARTS) is 1. The number of aromatic carboxylic acids is 1. The van der Waals surface area contributed by atoms with Crippen molar-refractivity contribution in [2.45, 2.75) is 19.4 Å². The lowest BCUT2D eigenvalue weighted by Crippen LogP contribution is -2.39. The first-order chi connectivity index (χ1) is 16.0. The van der Waals surface area contributed by atoms with Gasteiger partial charge in [-0.05, 0) is 54.3 Å². The van der Waals surface area contributed by atoms with Gasteiger partial charge in [0.05, 0.1) is 12.3 Å². The fourth-order valence-electron chi connectivity index (χ4n) is 4.67. The number of fused-ring (bicyclic) bond motifs is 2. The molecular weight excluding hydrogens is 444 g/mol. The molecule has 0 unspecified atom stereocenters. The largest absolute Gasteiger partial charge is 0.476 e. The number of hydrogen-bond donors (Lipinski definition) is 2. The number of anilines is 1. The predicted octanol–water partition coefficient (Wildman–Crippen LogP) is 2.78. The standard InChI is InChI=1S/C24H23ClN4O4/c25-17-2-1-3-19(13-17)29-22-20(21(26-29)24(32)33)7-9-28(23(22)31)18-5-4-15-6-8-27(10-11-30)14-16(15)12-18/h1-5,12-13,30H,6-11,14H2,(H,32,33). The highest BCUT2D eigenvalue weighted by molar-refractivity contribution is 6.30. The molecule has 33 heavy (non-hydrogen) atoms. The Bertz CT molecular complexity index is 1260. The lowest BCUT2D eigenvalue weighted by molar-refractivity contribution is 0.0688. The Balaban J connectivity index is 1.54. The Morgan fingerprint density at radius 2 is 1.91 bits per heavy atom. The zero-order chi connectivity index (χ0) is 23.1. The molecule has 170 valence electrons. The van der Waals surface area contributed by atoms with Crippen LogP contribution < -0.4 is 4.90 Å². The number of hydrogen-bond acceptors (Lipinski definition) is 5. The van der Waals surface area contributed by atoms with Crippen molar-refractivity contribution in [1.29, 1.82) is 0 Å². The summed E-state index contributed by atoms with van der Waals surface area (Å²) < 4.78 is 1.39. The van der Waals surface area contributed by atoms with Gasteiger partial charge in [0.25, 0.3) is 5.91 Å². The Morgan fingerprint density at radius 1 is 1.06 bits per heavy atom. The summed E-state index contributed by atoms with van der Waals surface area (Å²) in [5.74, 6) is -1.45. The lowest BCUT2D eigenvalue weighted by atomic mass is 9.97. The molecule has 3 aromatic rings. The summed E-state index contributed by atoms with van der Waals surface area (Å²) in [6.45, 7) is 2.72. The molecule has 5 rings (SSSR count). The van der Waals surface area contributed by atoms with Crippen LogP contribution in [-0.4, -0.2) is 63.0 Å². The Labute approximate surface area is 195 Å². The van der Waals surface area contributed by atoms with Crippen LogP contribution >= 0.6 is 11.6 Å². The van der Waals surface area contributed by atoms with E-state index in [1.54, 1.807) is 29.2 Å². The molecule has 1 aromatic heterocycles. The second-order valence-corrected chi connectivity index (χ2v) is 8.72. The number of rotatable bonds is 5. The predicted molar refractivity (Wildman–Crippen MR) is 123 cm³/mol. The van der Waals surface area contributed by atoms with E-state index in [9.17, 15) is 19.8 Å². The van der Waals surface area contributed by atoms with Gasteiger partial charge < -0.3 is 15.1 Å². The second-order valence-electron chi connectivity index (χ2n) is 8.28. The molecule has 0 fully saturated rings. The minimum atomic E-state index is -1.16. The number of nitrogens with zero attached hydrogens (tertiary/aromatic N) is 4. The van der Waals surface area contributed by atoms with Gasteiger partial charge in [-0.25, -0.2) is 9.48 Å². The van der Waals surface area contributed by atoms with Crippen molar-refractivity contribution in [2.75, 3.05) is 31.1 Å². The van der Waals surface area contributed by atoms with Crippen LogP contribution in [0.2, 0.25) is 5.02 Å². The van der Waals surface area contributed by atoms with Gasteiger partial charge in [0.15, 0.2) is 5.69 Å². The average Bonchev–Trinajstić information content (AvgIpc) is 3.20. The molecular formula is C24H23ClN4O4. The highest BCUT2D eigenvalue weighted by Gasteiger charge is 2.35. The maximum atomic E-state index is 13.7. The van der Waals surface area contributed by atoms with E-state index in [1.807, 2.05) is 12.1 Å². The van der Waals surface area contributed by atoms with Crippen molar-refractivity contribution in [1.82, 2.24) is 14.7 Å². The number of carbonyl (C=O) groups excluding carboxylic acids is 1. The van der Waals surface area contributed by atoms with Crippen molar-refractivity contribution < 1.29 is 19.8 Å². The second kappa shape index (κ2) is 8.62. The van der Waals surface area contributed by atoms with E-state index in [-0.39, 0.29) is 23.9 Å². The number of amides is 1. The molecule has 1 amide bonds. The van der Waals surface area contributed by atoms with Gasteiger partial charge in [-0.1, -0.05) is 23.7 Å². The molecule has 0 atom stereocenters. The van der Waals surface area contributed by atoms with Crippen LogP contribution in [0.3, 0.4) is 0 Å². The number of carboxylic acids is 1. The molecule has 0 bridgehead atoms. The van der Waals surface area contributed by atoms with Crippen LogP contribution in [0.25, 0.3) is 5.69 Å². The first-order valence-corrected chi connectivity index (χ1v) is 11.2. The van der Waals surface area contributed by atoms with E-state index in [4.69, 9.17) is 11.6 Å². The highest BCUT2D eigenvalue weighted by atomic mass is 35.5. The third kappa shape index (κ3) is 3.90. The highest BCUT2D eigenvalue weighted by Crippen LogP contribution is 2.31. The number of benzene rings is 2. The van der Waals surface area contributed by atoms with Crippen LogP contribution in [0, 0.1) is 0 Å². The lowest BCUT2D eigenvalue weighted by Gasteiger charge is -2.31. The van der Waals surface area contributed by atoms with Gasteiger partial charge in [-0.15, -0.1) is 0 Å². The zero-order valence-corrected chi connectivity index (χ0v) is 18.6. The normalized spacial score (nSPS) is 15.9. The topological polar surface area (TPSA) is 98.9 Å². The fraction of sp³-hybridized carbons (Fsp3) is 0.292. The summed E-state index contributed by atoms with van der Waals surface area (Å²) >= 11 is 6.14. The first-order valence-electron chi connectivity index (χ1n) is 10.8. The number of β-amino-alcohol motifs (C(OH)–C–C–N with tert-alkyl or cyclic N) is 1. The van der Waals surface area contributed by atoms with Crippen molar-refractivity contribution in [3.05, 3.63) is 75.6 Å². The zero-order valence-electron chi connectivity index (χ0n) is 17.9. The van der Waals surface area contributed by atoms with Crippen LogP contribution in [-0.2, 0) is 19.4 Å². The van der Waals surface area contributed by atoms with Gasteiger partial charge in [0.2, 0.25) is 0 Å². The maximum absolute atomic E-state index is 13.7. The van der Waals surface area contributed by atoms with Crippen LogP contribution in [0.4, 0.5) is 5.69 Å². The van der Waals surface area contributed by atoms with Crippen molar-refractivity contribution >= 4 is 29.2 Å².